The van der Waals surface area contributed by atoms with Gasteiger partial charge in [0.1, 0.15) is 5.82 Å². The number of anilines is 1. The number of aromatic nitrogens is 1. The highest BCUT2D eigenvalue weighted by Crippen LogP contribution is 2.20. The molecule has 24 heavy (non-hydrogen) atoms. The third kappa shape index (κ3) is 5.18. The lowest BCUT2D eigenvalue weighted by molar-refractivity contribution is -0.136. The summed E-state index contributed by atoms with van der Waals surface area (Å²) in [6.45, 7) is 6.91. The van der Waals surface area contributed by atoms with E-state index in [-0.39, 0.29) is 36.1 Å². The molecule has 1 aliphatic rings. The van der Waals surface area contributed by atoms with Gasteiger partial charge in [-0.05, 0) is 37.3 Å². The quantitative estimate of drug-likeness (QED) is 0.865. The van der Waals surface area contributed by atoms with Crippen LogP contribution in [0.4, 0.5) is 5.82 Å². The Hall–Kier alpha value is -1.66. The summed E-state index contributed by atoms with van der Waals surface area (Å²) in [5, 5.41) is 2.83. The lowest BCUT2D eigenvalue weighted by Gasteiger charge is -2.34. The Kier molecular flexibility index (Phi) is 7.63. The number of amides is 2. The van der Waals surface area contributed by atoms with E-state index < -0.39 is 6.04 Å². The minimum Gasteiger partial charge on any atom is -0.341 e. The lowest BCUT2D eigenvalue weighted by Crippen LogP contribution is -2.51. The number of hydrogen-bond donors (Lipinski definition) is 2. The van der Waals surface area contributed by atoms with Gasteiger partial charge in [0.05, 0.1) is 12.0 Å². The van der Waals surface area contributed by atoms with Crippen molar-refractivity contribution >= 4 is 30.0 Å². The molecule has 0 spiro atoms. The second-order valence-corrected chi connectivity index (χ2v) is 6.60. The van der Waals surface area contributed by atoms with Crippen LogP contribution in [-0.4, -0.2) is 40.8 Å². The number of carbonyl (C=O) groups excluding carboxylic acids is 2. The molecule has 7 heteroatoms. The topological polar surface area (TPSA) is 88.3 Å². The first-order valence-electron chi connectivity index (χ1n) is 8.16. The van der Waals surface area contributed by atoms with Crippen LogP contribution in [0.25, 0.3) is 0 Å². The van der Waals surface area contributed by atoms with Gasteiger partial charge in [0, 0.05) is 19.3 Å². The first kappa shape index (κ1) is 20.4. The molecule has 6 nitrogen and oxygen atoms in total. The Bertz CT molecular complexity index is 562. The molecule has 2 amide bonds. The zero-order valence-corrected chi connectivity index (χ0v) is 15.3. The Labute approximate surface area is 149 Å². The van der Waals surface area contributed by atoms with Gasteiger partial charge in [-0.25, -0.2) is 4.98 Å². The Morgan fingerprint density at radius 1 is 1.38 bits per heavy atom. The second-order valence-electron chi connectivity index (χ2n) is 6.60. The molecule has 2 heterocycles. The van der Waals surface area contributed by atoms with Crippen molar-refractivity contribution in [1.29, 1.82) is 0 Å². The average Bonchev–Trinajstić information content (AvgIpc) is 2.55. The van der Waals surface area contributed by atoms with Crippen LogP contribution in [0.3, 0.4) is 0 Å². The van der Waals surface area contributed by atoms with E-state index >= 15 is 0 Å². The number of piperidine rings is 1. The smallest absolute Gasteiger partial charge is 0.239 e. The predicted molar refractivity (Wildman–Crippen MR) is 97.0 cm³/mol. The van der Waals surface area contributed by atoms with Gasteiger partial charge < -0.3 is 16.0 Å². The molecule has 134 valence electrons. The number of nitrogens with one attached hydrogen (secondary N) is 1. The first-order chi connectivity index (χ1) is 10.9. The van der Waals surface area contributed by atoms with Gasteiger partial charge in [-0.2, -0.15) is 0 Å². The summed E-state index contributed by atoms with van der Waals surface area (Å²) in [4.78, 5) is 30.7. The minimum atomic E-state index is -0.504. The summed E-state index contributed by atoms with van der Waals surface area (Å²) in [5.74, 6) is 0.273. The number of rotatable bonds is 4. The van der Waals surface area contributed by atoms with E-state index in [0.29, 0.717) is 18.9 Å². The van der Waals surface area contributed by atoms with E-state index in [1.54, 1.807) is 17.2 Å². The molecule has 1 aromatic rings. The fraction of sp³-hybridized carbons (Fsp3) is 0.588. The predicted octanol–water partition coefficient (Wildman–Crippen LogP) is 1.97. The summed E-state index contributed by atoms with van der Waals surface area (Å²) in [7, 11) is 0. The molecule has 1 aliphatic heterocycles. The molecule has 2 atom stereocenters. The summed E-state index contributed by atoms with van der Waals surface area (Å²) < 4.78 is 0. The fourth-order valence-corrected chi connectivity index (χ4v) is 2.66. The fourth-order valence-electron chi connectivity index (χ4n) is 2.66. The minimum absolute atomic E-state index is 0. The van der Waals surface area contributed by atoms with Gasteiger partial charge in [0.2, 0.25) is 11.8 Å². The van der Waals surface area contributed by atoms with Gasteiger partial charge in [-0.1, -0.05) is 19.9 Å². The average molecular weight is 355 g/mol. The van der Waals surface area contributed by atoms with Gasteiger partial charge >= 0.3 is 0 Å². The summed E-state index contributed by atoms with van der Waals surface area (Å²) in [6, 6.07) is 3.19. The molecule has 0 bridgehead atoms. The number of nitrogens with two attached hydrogens (primary N) is 1. The molecule has 0 aromatic carbocycles. The number of likely N-dealkylation sites (tertiary alicyclic amines) is 1. The van der Waals surface area contributed by atoms with Gasteiger partial charge in [0.15, 0.2) is 0 Å². The molecule has 2 rings (SSSR count). The van der Waals surface area contributed by atoms with Crippen molar-refractivity contribution in [2.45, 2.75) is 39.7 Å². The van der Waals surface area contributed by atoms with E-state index in [2.05, 4.69) is 10.3 Å². The van der Waals surface area contributed by atoms with E-state index in [4.69, 9.17) is 5.73 Å². The van der Waals surface area contributed by atoms with E-state index in [9.17, 15) is 9.59 Å². The highest BCUT2D eigenvalue weighted by molar-refractivity contribution is 5.92. The summed E-state index contributed by atoms with van der Waals surface area (Å²) in [5.41, 5.74) is 6.99. The molecule has 1 unspecified atom stereocenters. The number of pyridine rings is 1. The second kappa shape index (κ2) is 8.99. The van der Waals surface area contributed by atoms with Crippen LogP contribution in [0.15, 0.2) is 18.3 Å². The number of carbonyl (C=O) groups is 2. The van der Waals surface area contributed by atoms with Crippen molar-refractivity contribution in [3.8, 4) is 0 Å². The van der Waals surface area contributed by atoms with Crippen molar-refractivity contribution in [1.82, 2.24) is 9.88 Å². The highest BCUT2D eigenvalue weighted by Gasteiger charge is 2.31. The Morgan fingerprint density at radius 3 is 2.67 bits per heavy atom. The molecule has 1 aromatic heterocycles. The Morgan fingerprint density at radius 2 is 2.08 bits per heavy atom. The molecular weight excluding hydrogens is 328 g/mol. The normalized spacial score (nSPS) is 18.7. The molecule has 3 N–H and O–H groups in total. The first-order valence-corrected chi connectivity index (χ1v) is 8.16. The number of aryl methyl sites for hydroxylation is 1. The van der Waals surface area contributed by atoms with Gasteiger partial charge in [0.25, 0.3) is 0 Å². The summed E-state index contributed by atoms with van der Waals surface area (Å²) >= 11 is 0. The third-order valence-corrected chi connectivity index (χ3v) is 4.27. The maximum Gasteiger partial charge on any atom is 0.239 e. The molecule has 1 fully saturated rings. The standard InChI is InChI=1S/C17H26N4O2.ClH/c1-11(2)15(18)17(23)21-8-4-5-13(10-21)16(22)20-14-7-6-12(3)9-19-14;/h6-7,9,11,13,15H,4-5,8,10,18H2,1-3H3,(H,19,20,22);1H/t13?,15-;/m0./s1. The number of halogens is 1. The van der Waals surface area contributed by atoms with Crippen LogP contribution < -0.4 is 11.1 Å². The number of nitrogens with zero attached hydrogens (tertiary/aromatic N) is 2. The van der Waals surface area contributed by atoms with Gasteiger partial charge in [-0.15, -0.1) is 12.4 Å². The van der Waals surface area contributed by atoms with E-state index in [0.717, 1.165) is 18.4 Å². The summed E-state index contributed by atoms with van der Waals surface area (Å²) in [6.07, 6.45) is 3.31. The van der Waals surface area contributed by atoms with Gasteiger partial charge in [-0.3, -0.25) is 9.59 Å². The third-order valence-electron chi connectivity index (χ3n) is 4.27. The zero-order valence-electron chi connectivity index (χ0n) is 14.5. The van der Waals surface area contributed by atoms with Crippen LogP contribution >= 0.6 is 12.4 Å². The highest BCUT2D eigenvalue weighted by atomic mass is 35.5. The van der Waals surface area contributed by atoms with Crippen LogP contribution in [0, 0.1) is 18.8 Å². The van der Waals surface area contributed by atoms with Crippen molar-refractivity contribution in [3.05, 3.63) is 23.9 Å². The van der Waals surface area contributed by atoms with Crippen molar-refractivity contribution in [2.24, 2.45) is 17.6 Å². The van der Waals surface area contributed by atoms with Crippen molar-refractivity contribution < 1.29 is 9.59 Å². The van der Waals surface area contributed by atoms with Crippen LogP contribution in [0.2, 0.25) is 0 Å². The van der Waals surface area contributed by atoms with Crippen LogP contribution in [-0.2, 0) is 9.59 Å². The zero-order chi connectivity index (χ0) is 17.0. The van der Waals surface area contributed by atoms with Crippen LogP contribution in [0.1, 0.15) is 32.3 Å². The largest absolute Gasteiger partial charge is 0.341 e. The maximum atomic E-state index is 12.4. The monoisotopic (exact) mass is 354 g/mol. The number of hydrogen-bond acceptors (Lipinski definition) is 4. The Balaban J connectivity index is 0.00000288. The SMILES string of the molecule is Cc1ccc(NC(=O)C2CCCN(C(=O)[C@@H](N)C(C)C)C2)nc1.Cl. The lowest BCUT2D eigenvalue weighted by atomic mass is 9.95. The van der Waals surface area contributed by atoms with Crippen molar-refractivity contribution in [3.63, 3.8) is 0 Å². The van der Waals surface area contributed by atoms with E-state index in [1.165, 1.54) is 0 Å². The van der Waals surface area contributed by atoms with Crippen molar-refractivity contribution in [2.75, 3.05) is 18.4 Å². The molecular formula is C17H27ClN4O2. The van der Waals surface area contributed by atoms with Crippen LogP contribution in [0.5, 0.6) is 0 Å². The molecule has 0 radical (unpaired) electrons. The maximum absolute atomic E-state index is 12.4. The molecule has 0 saturated carbocycles. The molecule has 1 saturated heterocycles. The molecule has 0 aliphatic carbocycles. The van der Waals surface area contributed by atoms with E-state index in [1.807, 2.05) is 26.8 Å².